The Bertz CT molecular complexity index is 159. The van der Waals surface area contributed by atoms with E-state index in [1.165, 1.54) is 0 Å². The van der Waals surface area contributed by atoms with Crippen molar-refractivity contribution in [2.45, 2.75) is 41.1 Å². The van der Waals surface area contributed by atoms with Gasteiger partial charge in [-0.25, -0.2) is 0 Å². The van der Waals surface area contributed by atoms with Crippen LogP contribution in [-0.4, -0.2) is 30.2 Å². The zero-order valence-corrected chi connectivity index (χ0v) is 11.2. The van der Waals surface area contributed by atoms with Crippen LogP contribution in [-0.2, 0) is 0 Å². The molecule has 0 aromatic rings. The van der Waals surface area contributed by atoms with E-state index in [4.69, 9.17) is 0 Å². The molecule has 0 aromatic heterocycles. The van der Waals surface area contributed by atoms with Gasteiger partial charge >= 0.3 is 74.0 Å². The third-order valence-corrected chi connectivity index (χ3v) is 2.97. The summed E-state index contributed by atoms with van der Waals surface area (Å²) in [4.78, 5) is 10.9. The van der Waals surface area contributed by atoms with Crippen molar-refractivity contribution in [3.63, 3.8) is 0 Å². The van der Waals surface area contributed by atoms with E-state index in [0.29, 0.717) is 0 Å². The number of nitrogens with zero attached hydrogens (tertiary/aromatic N) is 2. The zero-order valence-electron chi connectivity index (χ0n) is 8.39. The Balaban J connectivity index is 4.25. The van der Waals surface area contributed by atoms with Gasteiger partial charge in [-0.3, -0.25) is 0 Å². The molecule has 2 nitrogen and oxygen atoms in total. The normalized spacial score (nSPS) is 12.2. The molecule has 0 amide bonds. The molecule has 64 valence electrons. The Kier molecular flexibility index (Phi) is 3.78. The quantitative estimate of drug-likeness (QED) is 0.512. The van der Waals surface area contributed by atoms with Crippen LogP contribution >= 0.6 is 0 Å². The van der Waals surface area contributed by atoms with Crippen molar-refractivity contribution in [3.05, 3.63) is 0 Å². The SMILES string of the molecule is CC(C)(C)N=C=[N][Sn]([CH3])([CH3])[CH3]. The van der Waals surface area contributed by atoms with Gasteiger partial charge in [0, 0.05) is 0 Å². The predicted octanol–water partition coefficient (Wildman–Crippen LogP) is 2.79. The van der Waals surface area contributed by atoms with Crippen LogP contribution < -0.4 is 0 Å². The number of hydrogen-bond donors (Lipinski definition) is 0. The fourth-order valence-corrected chi connectivity index (χ4v) is 1.32. The van der Waals surface area contributed by atoms with Crippen LogP contribution in [0.15, 0.2) is 8.21 Å². The molecule has 0 radical (unpaired) electrons. The molecule has 0 saturated heterocycles. The van der Waals surface area contributed by atoms with Gasteiger partial charge in [-0.05, 0) is 0 Å². The van der Waals surface area contributed by atoms with Crippen LogP contribution in [0.5, 0.6) is 0 Å². The fraction of sp³-hybridized carbons (Fsp3) is 0.875. The Labute approximate surface area is 74.1 Å². The zero-order chi connectivity index (χ0) is 9.12. The molecular formula is C8H18N2Sn. The summed E-state index contributed by atoms with van der Waals surface area (Å²) in [7, 11) is 0. The van der Waals surface area contributed by atoms with Crippen molar-refractivity contribution in [1.29, 1.82) is 0 Å². The molecule has 0 aliphatic rings. The van der Waals surface area contributed by atoms with Crippen molar-refractivity contribution in [2.75, 3.05) is 0 Å². The molecule has 0 unspecified atom stereocenters. The van der Waals surface area contributed by atoms with E-state index in [1.54, 1.807) is 0 Å². The molecule has 3 heteroatoms. The Hall–Kier alpha value is 0.179. The van der Waals surface area contributed by atoms with Gasteiger partial charge in [0.15, 0.2) is 0 Å². The van der Waals surface area contributed by atoms with Crippen LogP contribution in [0.1, 0.15) is 20.8 Å². The van der Waals surface area contributed by atoms with E-state index in [0.717, 1.165) is 0 Å². The van der Waals surface area contributed by atoms with E-state index < -0.39 is 18.7 Å². The maximum absolute atomic E-state index is 4.34. The summed E-state index contributed by atoms with van der Waals surface area (Å²) in [6.07, 6.45) is 0. The minimum atomic E-state index is -1.99. The molecule has 0 bridgehead atoms. The molecule has 0 spiro atoms. The van der Waals surface area contributed by atoms with Gasteiger partial charge in [0.25, 0.3) is 0 Å². The monoisotopic (exact) mass is 262 g/mol. The van der Waals surface area contributed by atoms with Crippen molar-refractivity contribution < 1.29 is 0 Å². The van der Waals surface area contributed by atoms with Crippen LogP contribution in [0.4, 0.5) is 0 Å². The van der Waals surface area contributed by atoms with Crippen LogP contribution in [0.25, 0.3) is 0 Å². The summed E-state index contributed by atoms with van der Waals surface area (Å²) < 4.78 is 4.34. The molecule has 0 fully saturated rings. The topological polar surface area (TPSA) is 24.7 Å². The van der Waals surface area contributed by atoms with Crippen molar-refractivity contribution in [2.24, 2.45) is 8.21 Å². The van der Waals surface area contributed by atoms with Crippen LogP contribution in [0.3, 0.4) is 0 Å². The molecule has 0 heterocycles. The second-order valence-corrected chi connectivity index (χ2v) is 17.7. The van der Waals surface area contributed by atoms with Crippen LogP contribution in [0, 0.1) is 0 Å². The molecule has 0 aromatic carbocycles. The van der Waals surface area contributed by atoms with Gasteiger partial charge in [-0.1, -0.05) is 0 Å². The molecule has 11 heavy (non-hydrogen) atoms. The summed E-state index contributed by atoms with van der Waals surface area (Å²) >= 11 is -1.99. The molecule has 0 rings (SSSR count). The van der Waals surface area contributed by atoms with Crippen molar-refractivity contribution in [3.8, 4) is 0 Å². The van der Waals surface area contributed by atoms with E-state index in [9.17, 15) is 0 Å². The summed E-state index contributed by atoms with van der Waals surface area (Å²) in [5, 5.41) is 0. The Morgan fingerprint density at radius 1 is 1.09 bits per heavy atom. The van der Waals surface area contributed by atoms with Crippen molar-refractivity contribution in [1.82, 2.24) is 0 Å². The maximum atomic E-state index is 4.34. The summed E-state index contributed by atoms with van der Waals surface area (Å²) in [6, 6.07) is 2.81. The van der Waals surface area contributed by atoms with E-state index in [1.807, 2.05) is 20.8 Å². The van der Waals surface area contributed by atoms with Gasteiger partial charge in [0.1, 0.15) is 0 Å². The molecular weight excluding hydrogens is 243 g/mol. The average Bonchev–Trinajstić information content (AvgIpc) is 1.55. The van der Waals surface area contributed by atoms with E-state index in [2.05, 4.69) is 29.0 Å². The number of hydrogen-bond acceptors (Lipinski definition) is 2. The molecule has 0 N–H and O–H groups in total. The Morgan fingerprint density at radius 2 is 1.55 bits per heavy atom. The summed E-state index contributed by atoms with van der Waals surface area (Å²) in [6.45, 7) is 6.15. The standard InChI is InChI=1S/C5H9N2.3CH3.Sn/c1-5(2,3)7-4-6;;;;/h1-3H3;3*1H3;/q-1;;;;+1. The van der Waals surface area contributed by atoms with Gasteiger partial charge in [-0.15, -0.1) is 0 Å². The predicted molar refractivity (Wildman–Crippen MR) is 53.0 cm³/mol. The van der Waals surface area contributed by atoms with Gasteiger partial charge in [0.05, 0.1) is 0 Å². The second kappa shape index (κ2) is 3.72. The van der Waals surface area contributed by atoms with E-state index >= 15 is 0 Å². The molecule has 0 aliphatic carbocycles. The fourth-order valence-electron chi connectivity index (χ4n) is 0.325. The summed E-state index contributed by atoms with van der Waals surface area (Å²) in [5.74, 6) is 0. The van der Waals surface area contributed by atoms with Crippen molar-refractivity contribution >= 4 is 24.7 Å². The third-order valence-electron chi connectivity index (χ3n) is 0.771. The van der Waals surface area contributed by atoms with Gasteiger partial charge < -0.3 is 0 Å². The number of aliphatic imine (C=N–C) groups is 1. The first kappa shape index (κ1) is 11.2. The first-order chi connectivity index (χ1) is 4.71. The molecule has 0 saturated carbocycles. The Morgan fingerprint density at radius 3 is 1.82 bits per heavy atom. The second-order valence-electron chi connectivity index (χ2n) is 4.67. The van der Waals surface area contributed by atoms with E-state index in [-0.39, 0.29) is 5.54 Å². The third kappa shape index (κ3) is 10.2. The molecule has 0 aliphatic heterocycles. The molecule has 0 atom stereocenters. The van der Waals surface area contributed by atoms with Gasteiger partial charge in [0.2, 0.25) is 0 Å². The number of rotatable bonds is 1. The van der Waals surface area contributed by atoms with Gasteiger partial charge in [-0.2, -0.15) is 0 Å². The average molecular weight is 261 g/mol. The summed E-state index contributed by atoms with van der Waals surface area (Å²) in [5.41, 5.74) is -0.0272. The first-order valence-electron chi connectivity index (χ1n) is 3.89. The van der Waals surface area contributed by atoms with Crippen LogP contribution in [0.2, 0.25) is 14.8 Å². The first-order valence-corrected chi connectivity index (χ1v) is 13.7. The minimum absolute atomic E-state index is 0.0272.